The molecule has 0 aliphatic heterocycles. The van der Waals surface area contributed by atoms with Crippen molar-refractivity contribution in [3.8, 4) is 0 Å². The topological polar surface area (TPSA) is 40.5 Å². The first kappa shape index (κ1) is 13.6. The van der Waals surface area contributed by atoms with Gasteiger partial charge in [-0.1, -0.05) is 22.0 Å². The highest BCUT2D eigenvalue weighted by atomic mass is 79.9. The molecular weight excluding hydrogens is 294 g/mol. The summed E-state index contributed by atoms with van der Waals surface area (Å²) in [6.07, 6.45) is 2.86. The third-order valence-electron chi connectivity index (χ3n) is 3.98. The van der Waals surface area contributed by atoms with Crippen LogP contribution < -0.4 is 0 Å². The Morgan fingerprint density at radius 3 is 2.78 bits per heavy atom. The molecule has 18 heavy (non-hydrogen) atoms. The lowest BCUT2D eigenvalue weighted by molar-refractivity contribution is -0.140. The fourth-order valence-corrected chi connectivity index (χ4v) is 3.19. The van der Waals surface area contributed by atoms with Crippen molar-refractivity contribution in [3.63, 3.8) is 0 Å². The van der Waals surface area contributed by atoms with Crippen LogP contribution in [0.5, 0.6) is 0 Å². The second kappa shape index (κ2) is 5.02. The van der Waals surface area contributed by atoms with Crippen LogP contribution >= 0.6 is 15.9 Å². The molecule has 98 valence electrons. The summed E-state index contributed by atoms with van der Waals surface area (Å²) in [4.78, 5) is 13.2. The molecule has 1 aromatic carbocycles. The summed E-state index contributed by atoms with van der Waals surface area (Å²) < 4.78 is 1.09. The molecule has 0 saturated carbocycles. The predicted molar refractivity (Wildman–Crippen MR) is 74.8 cm³/mol. The predicted octanol–water partition coefficient (Wildman–Crippen LogP) is 2.71. The molecule has 1 unspecified atom stereocenters. The van der Waals surface area contributed by atoms with Crippen LogP contribution in [0.25, 0.3) is 0 Å². The third-order valence-corrected chi connectivity index (χ3v) is 4.47. The number of hydrogen-bond donors (Lipinski definition) is 1. The van der Waals surface area contributed by atoms with Gasteiger partial charge in [0.25, 0.3) is 0 Å². The van der Waals surface area contributed by atoms with Crippen molar-refractivity contribution in [3.05, 3.63) is 33.8 Å². The van der Waals surface area contributed by atoms with E-state index in [4.69, 9.17) is 5.11 Å². The van der Waals surface area contributed by atoms with Gasteiger partial charge < -0.3 is 10.0 Å². The van der Waals surface area contributed by atoms with Crippen LogP contribution in [-0.4, -0.2) is 35.6 Å². The van der Waals surface area contributed by atoms with E-state index in [-0.39, 0.29) is 12.0 Å². The minimum Gasteiger partial charge on any atom is -0.481 e. The van der Waals surface area contributed by atoms with E-state index in [9.17, 15) is 4.79 Å². The van der Waals surface area contributed by atoms with E-state index < -0.39 is 5.97 Å². The van der Waals surface area contributed by atoms with Crippen LogP contribution in [0.4, 0.5) is 0 Å². The number of carboxylic acid groups (broad SMARTS) is 1. The average Bonchev–Trinajstić information content (AvgIpc) is 2.28. The fraction of sp³-hybridized carbons (Fsp3) is 0.500. The Kier molecular flexibility index (Phi) is 3.78. The van der Waals surface area contributed by atoms with Crippen LogP contribution in [-0.2, 0) is 17.6 Å². The molecule has 0 heterocycles. The highest BCUT2D eigenvalue weighted by molar-refractivity contribution is 9.10. The molecule has 0 fully saturated rings. The van der Waals surface area contributed by atoms with Crippen LogP contribution in [0.3, 0.4) is 0 Å². The molecule has 1 aliphatic rings. The molecule has 2 rings (SSSR count). The van der Waals surface area contributed by atoms with Gasteiger partial charge >= 0.3 is 5.97 Å². The van der Waals surface area contributed by atoms with E-state index in [0.29, 0.717) is 0 Å². The largest absolute Gasteiger partial charge is 0.481 e. The van der Waals surface area contributed by atoms with Gasteiger partial charge in [0.2, 0.25) is 0 Å². The maximum Gasteiger partial charge on any atom is 0.305 e. The number of rotatable bonds is 3. The van der Waals surface area contributed by atoms with Gasteiger partial charge in [0.1, 0.15) is 0 Å². The summed E-state index contributed by atoms with van der Waals surface area (Å²) in [7, 11) is 3.96. The number of aliphatic carboxylic acids is 1. The number of likely N-dealkylation sites (N-methyl/N-ethyl adjacent to an activating group) is 1. The molecule has 1 atom stereocenters. The highest BCUT2D eigenvalue weighted by Gasteiger charge is 2.38. The maximum absolute atomic E-state index is 11.1. The van der Waals surface area contributed by atoms with Crippen molar-refractivity contribution in [1.82, 2.24) is 4.90 Å². The van der Waals surface area contributed by atoms with Gasteiger partial charge in [-0.15, -0.1) is 0 Å². The van der Waals surface area contributed by atoms with E-state index in [2.05, 4.69) is 33.0 Å². The number of nitrogens with zero attached hydrogens (tertiary/aromatic N) is 1. The molecule has 1 N–H and O–H groups in total. The number of hydrogen-bond acceptors (Lipinski definition) is 2. The van der Waals surface area contributed by atoms with Crippen LogP contribution in [0.1, 0.15) is 24.0 Å². The second-order valence-corrected chi connectivity index (χ2v) is 6.19. The van der Waals surface area contributed by atoms with Crippen molar-refractivity contribution < 1.29 is 9.90 Å². The van der Waals surface area contributed by atoms with Gasteiger partial charge in [0.05, 0.1) is 6.42 Å². The average molecular weight is 312 g/mol. The van der Waals surface area contributed by atoms with Gasteiger partial charge in [-0.2, -0.15) is 0 Å². The van der Waals surface area contributed by atoms with Crippen molar-refractivity contribution in [2.45, 2.75) is 31.2 Å². The molecule has 0 amide bonds. The Labute approximate surface area is 116 Å². The van der Waals surface area contributed by atoms with Crippen molar-refractivity contribution in [2.24, 2.45) is 0 Å². The van der Waals surface area contributed by atoms with Crippen molar-refractivity contribution >= 4 is 21.9 Å². The van der Waals surface area contributed by atoms with E-state index in [1.165, 1.54) is 11.1 Å². The van der Waals surface area contributed by atoms with Gasteiger partial charge in [-0.25, -0.2) is 0 Å². The standard InChI is InChI=1S/C14H18BrNO2/c1-16(2)14(9-13(17)18)6-5-10-7-12(15)4-3-11(10)8-14/h3-4,7H,5-6,8-9H2,1-2H3,(H,17,18). The Hall–Kier alpha value is -0.870. The Morgan fingerprint density at radius 2 is 2.17 bits per heavy atom. The lowest BCUT2D eigenvalue weighted by atomic mass is 9.75. The van der Waals surface area contributed by atoms with Crippen LogP contribution in [0.2, 0.25) is 0 Å². The first-order chi connectivity index (χ1) is 8.43. The van der Waals surface area contributed by atoms with E-state index in [0.717, 1.165) is 23.7 Å². The normalized spacial score (nSPS) is 22.9. The van der Waals surface area contributed by atoms with Gasteiger partial charge in [-0.05, 0) is 56.6 Å². The van der Waals surface area contributed by atoms with Gasteiger partial charge in [0.15, 0.2) is 0 Å². The fourth-order valence-electron chi connectivity index (χ4n) is 2.78. The van der Waals surface area contributed by atoms with Crippen LogP contribution in [0, 0.1) is 0 Å². The number of halogens is 1. The summed E-state index contributed by atoms with van der Waals surface area (Å²) in [5.41, 5.74) is 2.37. The van der Waals surface area contributed by atoms with Crippen LogP contribution in [0.15, 0.2) is 22.7 Å². The first-order valence-electron chi connectivity index (χ1n) is 6.09. The van der Waals surface area contributed by atoms with Crippen molar-refractivity contribution in [1.29, 1.82) is 0 Å². The molecule has 3 nitrogen and oxygen atoms in total. The summed E-state index contributed by atoms with van der Waals surface area (Å²) in [6.45, 7) is 0. The second-order valence-electron chi connectivity index (χ2n) is 5.28. The maximum atomic E-state index is 11.1. The third kappa shape index (κ3) is 2.59. The van der Waals surface area contributed by atoms with E-state index >= 15 is 0 Å². The first-order valence-corrected chi connectivity index (χ1v) is 6.89. The molecule has 0 saturated heterocycles. The Balaban J connectivity index is 2.32. The Morgan fingerprint density at radius 1 is 1.44 bits per heavy atom. The summed E-state index contributed by atoms with van der Waals surface area (Å²) >= 11 is 3.48. The monoisotopic (exact) mass is 311 g/mol. The number of carboxylic acids is 1. The zero-order chi connectivity index (χ0) is 13.3. The zero-order valence-electron chi connectivity index (χ0n) is 10.7. The molecule has 0 bridgehead atoms. The molecular formula is C14H18BrNO2. The summed E-state index contributed by atoms with van der Waals surface area (Å²) in [5.74, 6) is -0.718. The molecule has 0 spiro atoms. The molecule has 0 aromatic heterocycles. The summed E-state index contributed by atoms with van der Waals surface area (Å²) in [5, 5.41) is 9.14. The molecule has 4 heteroatoms. The lowest BCUT2D eigenvalue weighted by Gasteiger charge is -2.42. The van der Waals surface area contributed by atoms with E-state index in [1.807, 2.05) is 20.2 Å². The minimum atomic E-state index is -0.718. The minimum absolute atomic E-state index is 0.204. The number of carbonyl (C=O) groups is 1. The van der Waals surface area contributed by atoms with Gasteiger partial charge in [0, 0.05) is 10.0 Å². The van der Waals surface area contributed by atoms with Gasteiger partial charge in [-0.3, -0.25) is 4.79 Å². The number of fused-ring (bicyclic) bond motifs is 1. The SMILES string of the molecule is CN(C)C1(CC(=O)O)CCc2cc(Br)ccc2C1. The number of aryl methyl sites for hydroxylation is 1. The summed E-state index contributed by atoms with van der Waals surface area (Å²) in [6, 6.07) is 6.29. The highest BCUT2D eigenvalue weighted by Crippen LogP contribution is 2.35. The van der Waals surface area contributed by atoms with E-state index in [1.54, 1.807) is 0 Å². The smallest absolute Gasteiger partial charge is 0.305 e. The molecule has 1 aromatic rings. The lowest BCUT2D eigenvalue weighted by Crippen LogP contribution is -2.50. The molecule has 1 aliphatic carbocycles. The Bertz CT molecular complexity index is 473. The zero-order valence-corrected chi connectivity index (χ0v) is 12.3. The quantitative estimate of drug-likeness (QED) is 0.933. The molecule has 0 radical (unpaired) electrons. The number of benzene rings is 1. The van der Waals surface area contributed by atoms with Crippen molar-refractivity contribution in [2.75, 3.05) is 14.1 Å².